The smallest absolute Gasteiger partial charge is 0.250 e. The minimum Gasteiger partial charge on any atom is -0.393 e. The zero-order chi connectivity index (χ0) is 22.3. The summed E-state index contributed by atoms with van der Waals surface area (Å²) in [4.78, 5) is 25.8. The molecule has 4 aromatic rings. The highest BCUT2D eigenvalue weighted by molar-refractivity contribution is 5.88. The Morgan fingerprint density at radius 3 is 2.06 bits per heavy atom. The Hall–Kier alpha value is -4.46. The Bertz CT molecular complexity index is 1140. The molecule has 5 N–H and O–H groups in total. The molecule has 0 atom stereocenters. The summed E-state index contributed by atoms with van der Waals surface area (Å²) in [5.74, 6) is 0.528. The van der Waals surface area contributed by atoms with Crippen LogP contribution in [0, 0.1) is 6.92 Å². The Balaban J connectivity index is 1.52. The van der Waals surface area contributed by atoms with Gasteiger partial charge < -0.3 is 11.1 Å². The SMILES string of the molecule is Cc1ccc(Nc2ncnc(NNC(=O)C(c3ccccc3)c3ccccc3)c2N)nc1. The fourth-order valence-electron chi connectivity index (χ4n) is 3.24. The predicted octanol–water partition coefficient (Wildman–Crippen LogP) is 3.78. The number of hydrogen-bond acceptors (Lipinski definition) is 7. The van der Waals surface area contributed by atoms with E-state index in [1.54, 1.807) is 6.20 Å². The summed E-state index contributed by atoms with van der Waals surface area (Å²) in [6, 6.07) is 22.9. The minimum atomic E-state index is -0.498. The van der Waals surface area contributed by atoms with E-state index in [2.05, 4.69) is 31.1 Å². The molecule has 4 rings (SSSR count). The Morgan fingerprint density at radius 1 is 0.844 bits per heavy atom. The molecule has 8 heteroatoms. The number of aromatic nitrogens is 3. The second kappa shape index (κ2) is 9.57. The van der Waals surface area contributed by atoms with Gasteiger partial charge in [-0.3, -0.25) is 15.6 Å². The molecule has 0 fully saturated rings. The molecule has 160 valence electrons. The van der Waals surface area contributed by atoms with Crippen molar-refractivity contribution in [1.82, 2.24) is 20.4 Å². The van der Waals surface area contributed by atoms with Gasteiger partial charge in [-0.25, -0.2) is 15.0 Å². The lowest BCUT2D eigenvalue weighted by Gasteiger charge is -2.19. The van der Waals surface area contributed by atoms with Crippen LogP contribution < -0.4 is 21.9 Å². The molecule has 0 saturated heterocycles. The number of carbonyl (C=O) groups excluding carboxylic acids is 1. The van der Waals surface area contributed by atoms with E-state index in [0.717, 1.165) is 16.7 Å². The number of nitrogens with two attached hydrogens (primary N) is 1. The second-order valence-corrected chi connectivity index (χ2v) is 7.20. The van der Waals surface area contributed by atoms with Gasteiger partial charge in [0.15, 0.2) is 11.6 Å². The predicted molar refractivity (Wildman–Crippen MR) is 125 cm³/mol. The van der Waals surface area contributed by atoms with Gasteiger partial charge in [-0.1, -0.05) is 66.7 Å². The number of pyridine rings is 1. The van der Waals surface area contributed by atoms with Crippen molar-refractivity contribution in [2.45, 2.75) is 12.8 Å². The first-order valence-corrected chi connectivity index (χ1v) is 10.1. The molecule has 2 aromatic heterocycles. The van der Waals surface area contributed by atoms with E-state index in [1.807, 2.05) is 79.7 Å². The number of amides is 1. The normalized spacial score (nSPS) is 10.6. The first-order chi connectivity index (χ1) is 15.6. The van der Waals surface area contributed by atoms with Gasteiger partial charge in [0.25, 0.3) is 0 Å². The van der Waals surface area contributed by atoms with Crippen LogP contribution in [0.15, 0.2) is 85.3 Å². The lowest BCUT2D eigenvalue weighted by molar-refractivity contribution is -0.121. The van der Waals surface area contributed by atoms with Crippen molar-refractivity contribution < 1.29 is 4.79 Å². The first kappa shape index (κ1) is 20.8. The number of aryl methyl sites for hydroxylation is 1. The second-order valence-electron chi connectivity index (χ2n) is 7.20. The van der Waals surface area contributed by atoms with E-state index in [0.29, 0.717) is 11.6 Å². The molecular formula is C24H23N7O. The maximum Gasteiger partial charge on any atom is 0.250 e. The highest BCUT2D eigenvalue weighted by Gasteiger charge is 2.23. The maximum absolute atomic E-state index is 13.2. The highest BCUT2D eigenvalue weighted by Crippen LogP contribution is 2.26. The first-order valence-electron chi connectivity index (χ1n) is 10.1. The third kappa shape index (κ3) is 4.81. The summed E-state index contributed by atoms with van der Waals surface area (Å²) in [7, 11) is 0. The number of anilines is 4. The van der Waals surface area contributed by atoms with Gasteiger partial charge in [-0.2, -0.15) is 0 Å². The van der Waals surface area contributed by atoms with E-state index in [4.69, 9.17) is 5.73 Å². The van der Waals surface area contributed by atoms with Crippen LogP contribution >= 0.6 is 0 Å². The molecule has 0 aliphatic rings. The third-order valence-electron chi connectivity index (χ3n) is 4.87. The van der Waals surface area contributed by atoms with Gasteiger partial charge >= 0.3 is 0 Å². The summed E-state index contributed by atoms with van der Waals surface area (Å²) >= 11 is 0. The zero-order valence-electron chi connectivity index (χ0n) is 17.5. The van der Waals surface area contributed by atoms with E-state index < -0.39 is 5.92 Å². The summed E-state index contributed by atoms with van der Waals surface area (Å²) < 4.78 is 0. The minimum absolute atomic E-state index is 0.241. The lowest BCUT2D eigenvalue weighted by atomic mass is 9.91. The van der Waals surface area contributed by atoms with Crippen molar-refractivity contribution in [2.24, 2.45) is 0 Å². The number of rotatable bonds is 7. The van der Waals surface area contributed by atoms with Crippen LogP contribution in [0.2, 0.25) is 0 Å². The van der Waals surface area contributed by atoms with Crippen LogP contribution in [0.3, 0.4) is 0 Å². The van der Waals surface area contributed by atoms with E-state index in [-0.39, 0.29) is 17.4 Å². The summed E-state index contributed by atoms with van der Waals surface area (Å²) in [5, 5.41) is 3.06. The summed E-state index contributed by atoms with van der Waals surface area (Å²) in [6.07, 6.45) is 3.10. The van der Waals surface area contributed by atoms with E-state index in [1.165, 1.54) is 6.33 Å². The Kier molecular flexibility index (Phi) is 6.22. The van der Waals surface area contributed by atoms with Gasteiger partial charge in [0.1, 0.15) is 17.8 Å². The van der Waals surface area contributed by atoms with Crippen molar-refractivity contribution in [3.8, 4) is 0 Å². The van der Waals surface area contributed by atoms with Gasteiger partial charge in [0.05, 0.1) is 5.92 Å². The molecule has 0 bridgehead atoms. The van der Waals surface area contributed by atoms with Crippen molar-refractivity contribution in [2.75, 3.05) is 16.5 Å². The largest absolute Gasteiger partial charge is 0.393 e. The number of nitrogens with zero attached hydrogens (tertiary/aromatic N) is 3. The monoisotopic (exact) mass is 425 g/mol. The lowest BCUT2D eigenvalue weighted by Crippen LogP contribution is -2.35. The molecule has 8 nitrogen and oxygen atoms in total. The van der Waals surface area contributed by atoms with Crippen LogP contribution in [0.4, 0.5) is 23.1 Å². The molecule has 0 saturated carbocycles. The van der Waals surface area contributed by atoms with Crippen LogP contribution in [0.5, 0.6) is 0 Å². The van der Waals surface area contributed by atoms with Crippen molar-refractivity contribution >= 4 is 29.0 Å². The molecule has 0 radical (unpaired) electrons. The Labute approximate surface area is 185 Å². The molecule has 1 amide bonds. The number of carbonyl (C=O) groups is 1. The summed E-state index contributed by atoms with van der Waals surface area (Å²) in [5.41, 5.74) is 14.8. The number of hydrogen-bond donors (Lipinski definition) is 4. The van der Waals surface area contributed by atoms with Crippen LogP contribution in [-0.4, -0.2) is 20.9 Å². The maximum atomic E-state index is 13.2. The van der Waals surface area contributed by atoms with Crippen molar-refractivity contribution in [1.29, 1.82) is 0 Å². The molecule has 32 heavy (non-hydrogen) atoms. The standard InChI is InChI=1S/C24H23N7O/c1-16-12-13-19(26-14-16)29-22-21(25)23(28-15-27-22)30-31-24(32)20(17-8-4-2-5-9-17)18-10-6-3-7-11-18/h2-15,20H,25H2,1H3,(H,31,32)(H2,26,27,28,29,30). The van der Waals surface area contributed by atoms with E-state index in [9.17, 15) is 4.79 Å². The molecule has 2 aromatic carbocycles. The molecule has 0 spiro atoms. The van der Waals surface area contributed by atoms with Crippen LogP contribution in [0.1, 0.15) is 22.6 Å². The average molecular weight is 425 g/mol. The average Bonchev–Trinajstić information content (AvgIpc) is 2.82. The fraction of sp³-hybridized carbons (Fsp3) is 0.0833. The zero-order valence-corrected chi connectivity index (χ0v) is 17.5. The molecule has 2 heterocycles. The van der Waals surface area contributed by atoms with Crippen molar-refractivity contribution in [3.63, 3.8) is 0 Å². The van der Waals surface area contributed by atoms with Gasteiger partial charge in [0.2, 0.25) is 5.91 Å². The molecule has 0 aliphatic heterocycles. The number of nitrogens with one attached hydrogen (secondary N) is 3. The molecular weight excluding hydrogens is 402 g/mol. The van der Waals surface area contributed by atoms with Gasteiger partial charge in [0, 0.05) is 6.20 Å². The van der Waals surface area contributed by atoms with E-state index >= 15 is 0 Å². The van der Waals surface area contributed by atoms with Gasteiger partial charge in [-0.15, -0.1) is 0 Å². The third-order valence-corrected chi connectivity index (χ3v) is 4.87. The van der Waals surface area contributed by atoms with Crippen LogP contribution in [0.25, 0.3) is 0 Å². The van der Waals surface area contributed by atoms with Crippen molar-refractivity contribution in [3.05, 3.63) is 102 Å². The molecule has 0 unspecified atom stereocenters. The number of nitrogen functional groups attached to an aromatic ring is 1. The molecule has 0 aliphatic carbocycles. The van der Waals surface area contributed by atoms with Gasteiger partial charge in [-0.05, 0) is 29.7 Å². The number of hydrazine groups is 1. The summed E-state index contributed by atoms with van der Waals surface area (Å²) in [6.45, 7) is 1.96. The fourth-order valence-corrected chi connectivity index (χ4v) is 3.24. The van der Waals surface area contributed by atoms with Crippen LogP contribution in [-0.2, 0) is 4.79 Å². The quantitative estimate of drug-likeness (QED) is 0.333. The topological polar surface area (TPSA) is 118 Å². The number of benzene rings is 2. The highest BCUT2D eigenvalue weighted by atomic mass is 16.2. The Morgan fingerprint density at radius 2 is 1.47 bits per heavy atom.